The number of carbonyl (C=O) groups excluding carboxylic acids is 1. The zero-order valence-corrected chi connectivity index (χ0v) is 13.2. The van der Waals surface area contributed by atoms with Crippen LogP contribution in [0.15, 0.2) is 41.7 Å². The van der Waals surface area contributed by atoms with Gasteiger partial charge in [0.1, 0.15) is 0 Å². The highest BCUT2D eigenvalue weighted by atomic mass is 127. The Morgan fingerprint density at radius 1 is 1.32 bits per heavy atom. The normalized spacial score (nSPS) is 10.2. The predicted molar refractivity (Wildman–Crippen MR) is 85.3 cm³/mol. The molecule has 0 bridgehead atoms. The van der Waals surface area contributed by atoms with Crippen molar-refractivity contribution in [2.45, 2.75) is 12.1 Å². The van der Waals surface area contributed by atoms with Crippen LogP contribution in [0.4, 0.5) is 5.69 Å². The SMILES string of the molecule is Cc1ccnc(SCC(=O)Nc2ccc(I)cc2)n1. The molecule has 1 heterocycles. The van der Waals surface area contributed by atoms with Crippen LogP contribution in [-0.4, -0.2) is 21.6 Å². The number of hydrogen-bond donors (Lipinski definition) is 1. The molecule has 0 saturated carbocycles. The maximum absolute atomic E-state index is 11.8. The lowest BCUT2D eigenvalue weighted by atomic mass is 10.3. The highest BCUT2D eigenvalue weighted by Crippen LogP contribution is 2.14. The number of hydrogen-bond acceptors (Lipinski definition) is 4. The molecular weight excluding hydrogens is 373 g/mol. The second-order valence-electron chi connectivity index (χ2n) is 3.82. The first-order valence-electron chi connectivity index (χ1n) is 5.61. The van der Waals surface area contributed by atoms with Gasteiger partial charge < -0.3 is 5.32 Å². The summed E-state index contributed by atoms with van der Waals surface area (Å²) in [4.78, 5) is 20.1. The first-order valence-corrected chi connectivity index (χ1v) is 7.68. The monoisotopic (exact) mass is 385 g/mol. The largest absolute Gasteiger partial charge is 0.325 e. The third kappa shape index (κ3) is 4.79. The van der Waals surface area contributed by atoms with Gasteiger partial charge >= 0.3 is 0 Å². The summed E-state index contributed by atoms with van der Waals surface area (Å²) in [6, 6.07) is 9.50. The van der Waals surface area contributed by atoms with Crippen molar-refractivity contribution in [3.8, 4) is 0 Å². The number of nitrogens with zero attached hydrogens (tertiary/aromatic N) is 2. The molecule has 1 amide bonds. The number of aryl methyl sites for hydroxylation is 1. The molecule has 1 aromatic carbocycles. The van der Waals surface area contributed by atoms with Crippen molar-refractivity contribution in [2.24, 2.45) is 0 Å². The van der Waals surface area contributed by atoms with Gasteiger partial charge in [-0.3, -0.25) is 4.79 Å². The van der Waals surface area contributed by atoms with Crippen LogP contribution < -0.4 is 5.32 Å². The lowest BCUT2D eigenvalue weighted by molar-refractivity contribution is -0.113. The molecule has 98 valence electrons. The van der Waals surface area contributed by atoms with Crippen molar-refractivity contribution in [3.63, 3.8) is 0 Å². The molecule has 6 heteroatoms. The Hall–Kier alpha value is -1.15. The minimum atomic E-state index is -0.0590. The number of rotatable bonds is 4. The topological polar surface area (TPSA) is 54.9 Å². The minimum absolute atomic E-state index is 0.0590. The van der Waals surface area contributed by atoms with Gasteiger partial charge in [-0.15, -0.1) is 0 Å². The Morgan fingerprint density at radius 3 is 2.74 bits per heavy atom. The molecule has 4 nitrogen and oxygen atoms in total. The molecule has 0 spiro atoms. The van der Waals surface area contributed by atoms with Crippen molar-refractivity contribution in [3.05, 3.63) is 45.8 Å². The van der Waals surface area contributed by atoms with Gasteiger partial charge in [0.05, 0.1) is 5.75 Å². The van der Waals surface area contributed by atoms with Gasteiger partial charge in [-0.1, -0.05) is 11.8 Å². The average molecular weight is 385 g/mol. The number of aromatic nitrogens is 2. The summed E-state index contributed by atoms with van der Waals surface area (Å²) in [5, 5.41) is 3.46. The van der Waals surface area contributed by atoms with Crippen molar-refractivity contribution in [1.29, 1.82) is 0 Å². The van der Waals surface area contributed by atoms with Crippen LogP contribution >= 0.6 is 34.4 Å². The van der Waals surface area contributed by atoms with E-state index in [9.17, 15) is 4.79 Å². The summed E-state index contributed by atoms with van der Waals surface area (Å²) in [5.74, 6) is 0.242. The lowest BCUT2D eigenvalue weighted by Gasteiger charge is -2.04. The maximum Gasteiger partial charge on any atom is 0.234 e. The van der Waals surface area contributed by atoms with Gasteiger partial charge in [0, 0.05) is 21.1 Å². The van der Waals surface area contributed by atoms with Gasteiger partial charge in [-0.25, -0.2) is 9.97 Å². The van der Waals surface area contributed by atoms with Crippen molar-refractivity contribution < 1.29 is 4.79 Å². The van der Waals surface area contributed by atoms with Crippen molar-refractivity contribution in [1.82, 2.24) is 9.97 Å². The molecule has 19 heavy (non-hydrogen) atoms. The fourth-order valence-electron chi connectivity index (χ4n) is 1.36. The van der Waals surface area contributed by atoms with Crippen molar-refractivity contribution in [2.75, 3.05) is 11.1 Å². The summed E-state index contributed by atoms with van der Waals surface area (Å²) < 4.78 is 1.14. The molecule has 1 N–H and O–H groups in total. The number of anilines is 1. The number of benzene rings is 1. The number of thioether (sulfide) groups is 1. The highest BCUT2D eigenvalue weighted by Gasteiger charge is 2.05. The van der Waals surface area contributed by atoms with Crippen LogP contribution in [0.25, 0.3) is 0 Å². The first-order chi connectivity index (χ1) is 9.13. The third-order valence-electron chi connectivity index (χ3n) is 2.23. The molecule has 1 aromatic heterocycles. The van der Waals surface area contributed by atoms with E-state index >= 15 is 0 Å². The average Bonchev–Trinajstić information content (AvgIpc) is 2.39. The smallest absolute Gasteiger partial charge is 0.234 e. The Bertz CT molecular complexity index is 574. The molecule has 0 aliphatic rings. The van der Waals surface area contributed by atoms with E-state index in [0.29, 0.717) is 10.9 Å². The van der Waals surface area contributed by atoms with E-state index in [1.165, 1.54) is 11.8 Å². The molecule has 0 aliphatic heterocycles. The van der Waals surface area contributed by atoms with Gasteiger partial charge in [0.15, 0.2) is 5.16 Å². The maximum atomic E-state index is 11.8. The molecule has 0 radical (unpaired) electrons. The molecule has 2 rings (SSSR count). The molecule has 0 unspecified atom stereocenters. The zero-order chi connectivity index (χ0) is 13.7. The van der Waals surface area contributed by atoms with E-state index in [0.717, 1.165) is 15.0 Å². The van der Waals surface area contributed by atoms with Crippen LogP contribution in [-0.2, 0) is 4.79 Å². The zero-order valence-electron chi connectivity index (χ0n) is 10.3. The molecule has 2 aromatic rings. The molecule has 0 saturated heterocycles. The van der Waals surface area contributed by atoms with E-state index in [4.69, 9.17) is 0 Å². The summed E-state index contributed by atoms with van der Waals surface area (Å²) in [7, 11) is 0. The van der Waals surface area contributed by atoms with Gasteiger partial charge in [0.2, 0.25) is 5.91 Å². The fourth-order valence-corrected chi connectivity index (χ4v) is 2.39. The highest BCUT2D eigenvalue weighted by molar-refractivity contribution is 14.1. The number of amides is 1. The summed E-state index contributed by atoms with van der Waals surface area (Å²) in [6.07, 6.45) is 1.70. The van der Waals surface area contributed by atoms with E-state index in [1.54, 1.807) is 6.20 Å². The summed E-state index contributed by atoms with van der Waals surface area (Å²) in [6.45, 7) is 1.90. The van der Waals surface area contributed by atoms with Crippen LogP contribution in [0.1, 0.15) is 5.69 Å². The minimum Gasteiger partial charge on any atom is -0.325 e. The molecule has 0 fully saturated rings. The summed E-state index contributed by atoms with van der Waals surface area (Å²) >= 11 is 3.55. The second-order valence-corrected chi connectivity index (χ2v) is 6.01. The van der Waals surface area contributed by atoms with E-state index in [2.05, 4.69) is 37.9 Å². The predicted octanol–water partition coefficient (Wildman–Crippen LogP) is 3.12. The van der Waals surface area contributed by atoms with Crippen molar-refractivity contribution >= 4 is 45.9 Å². The molecular formula is C13H12IN3OS. The Balaban J connectivity index is 1.86. The number of nitrogens with one attached hydrogen (secondary N) is 1. The second kappa shape index (κ2) is 6.85. The lowest BCUT2D eigenvalue weighted by Crippen LogP contribution is -2.14. The van der Waals surface area contributed by atoms with Crippen LogP contribution in [0, 0.1) is 10.5 Å². The Morgan fingerprint density at radius 2 is 2.05 bits per heavy atom. The van der Waals surface area contributed by atoms with Crippen LogP contribution in [0.2, 0.25) is 0 Å². The fraction of sp³-hybridized carbons (Fsp3) is 0.154. The van der Waals surface area contributed by atoms with Crippen LogP contribution in [0.3, 0.4) is 0 Å². The quantitative estimate of drug-likeness (QED) is 0.499. The molecule has 0 aliphatic carbocycles. The van der Waals surface area contributed by atoms with E-state index in [1.807, 2.05) is 37.3 Å². The van der Waals surface area contributed by atoms with E-state index in [-0.39, 0.29) is 5.91 Å². The third-order valence-corrected chi connectivity index (χ3v) is 3.81. The van der Waals surface area contributed by atoms with Crippen LogP contribution in [0.5, 0.6) is 0 Å². The number of halogens is 1. The Kier molecular flexibility index (Phi) is 5.15. The van der Waals surface area contributed by atoms with Gasteiger partial charge in [-0.2, -0.15) is 0 Å². The standard InChI is InChI=1S/C13H12IN3OS/c1-9-6-7-15-13(16-9)19-8-12(18)17-11-4-2-10(14)3-5-11/h2-7H,8H2,1H3,(H,17,18). The summed E-state index contributed by atoms with van der Waals surface area (Å²) in [5.41, 5.74) is 1.70. The van der Waals surface area contributed by atoms with Gasteiger partial charge in [-0.05, 0) is 59.8 Å². The number of carbonyl (C=O) groups is 1. The first kappa shape index (κ1) is 14.3. The van der Waals surface area contributed by atoms with E-state index < -0.39 is 0 Å². The Labute approximate surface area is 129 Å². The molecule has 0 atom stereocenters. The van der Waals surface area contributed by atoms with Gasteiger partial charge in [0.25, 0.3) is 0 Å².